The van der Waals surface area contributed by atoms with E-state index in [4.69, 9.17) is 0 Å². The molecule has 0 aliphatic heterocycles. The number of pyridine rings is 3. The molecule has 0 unspecified atom stereocenters. The van der Waals surface area contributed by atoms with Gasteiger partial charge in [-0.2, -0.15) is 0 Å². The summed E-state index contributed by atoms with van der Waals surface area (Å²) in [6.45, 7) is 0. The molecule has 0 saturated heterocycles. The fourth-order valence-electron chi connectivity index (χ4n) is 7.24. The monoisotopic (exact) mass is 767 g/mol. The topological polar surface area (TPSA) is 123 Å². The van der Waals surface area contributed by atoms with Gasteiger partial charge in [0.15, 0.2) is 0 Å². The molecule has 2 fully saturated rings. The van der Waals surface area contributed by atoms with Crippen molar-refractivity contribution in [3.05, 3.63) is 147 Å². The summed E-state index contributed by atoms with van der Waals surface area (Å²) in [7, 11) is 4.04. The lowest BCUT2D eigenvalue weighted by Crippen LogP contribution is -2.07. The molecule has 2 N–H and O–H groups in total. The molecule has 53 heavy (non-hydrogen) atoms. The van der Waals surface area contributed by atoms with E-state index >= 15 is 0 Å². The third-order valence-electron chi connectivity index (χ3n) is 10.3. The van der Waals surface area contributed by atoms with Crippen molar-refractivity contribution >= 4 is 49.7 Å². The van der Waals surface area contributed by atoms with Crippen molar-refractivity contribution in [1.29, 1.82) is 0 Å². The van der Waals surface area contributed by atoms with Gasteiger partial charge in [-0.1, -0.05) is 0 Å². The lowest BCUT2D eigenvalue weighted by atomic mass is 9.96. The number of aromatic carboxylic acids is 2. The van der Waals surface area contributed by atoms with Gasteiger partial charge in [-0.25, -0.2) is 9.59 Å². The van der Waals surface area contributed by atoms with Crippen molar-refractivity contribution < 1.29 is 19.8 Å². The molecule has 7 aromatic rings. The molecule has 2 aliphatic rings. The van der Waals surface area contributed by atoms with Gasteiger partial charge in [0.1, 0.15) is 0 Å². The van der Waals surface area contributed by atoms with E-state index in [0.717, 1.165) is 85.3 Å². The molecule has 0 spiro atoms. The summed E-state index contributed by atoms with van der Waals surface area (Å²) in [5.41, 5.74) is 10.5. The normalized spacial score (nSPS) is 13.9. The molecule has 5 aromatic heterocycles. The van der Waals surface area contributed by atoms with Crippen LogP contribution < -0.4 is 0 Å². The van der Waals surface area contributed by atoms with Crippen molar-refractivity contribution in [2.75, 3.05) is 0 Å². The van der Waals surface area contributed by atoms with Gasteiger partial charge >= 0.3 is 11.9 Å². The van der Waals surface area contributed by atoms with Crippen molar-refractivity contribution in [1.82, 2.24) is 24.1 Å². The number of hydrogen-bond acceptors (Lipinski definition) is 5. The van der Waals surface area contributed by atoms with E-state index in [9.17, 15) is 19.8 Å². The quantitative estimate of drug-likeness (QED) is 0.150. The molecule has 0 atom stereocenters. The Morgan fingerprint density at radius 2 is 1.19 bits per heavy atom. The number of aromatic nitrogens is 5. The molecule has 10 heteroatoms. The summed E-state index contributed by atoms with van der Waals surface area (Å²) >= 11 is 3.62. The Bertz CT molecular complexity index is 2530. The number of carboxylic acid groups (broad SMARTS) is 2. The van der Waals surface area contributed by atoms with Crippen LogP contribution in [0.2, 0.25) is 0 Å². The third-order valence-corrected chi connectivity index (χ3v) is 10.9. The number of aryl methyl sites for hydroxylation is 2. The highest BCUT2D eigenvalue weighted by molar-refractivity contribution is 9.10. The first-order valence-corrected chi connectivity index (χ1v) is 18.6. The molecule has 0 radical (unpaired) electrons. The number of halogens is 1. The smallest absolute Gasteiger partial charge is 0.337 e. The van der Waals surface area contributed by atoms with E-state index < -0.39 is 11.9 Å². The maximum absolute atomic E-state index is 11.9. The lowest BCUT2D eigenvalue weighted by molar-refractivity contribution is 0.0684. The van der Waals surface area contributed by atoms with Gasteiger partial charge in [0, 0.05) is 84.9 Å². The van der Waals surface area contributed by atoms with Crippen LogP contribution in [0.3, 0.4) is 0 Å². The van der Waals surface area contributed by atoms with Gasteiger partial charge < -0.3 is 19.3 Å². The van der Waals surface area contributed by atoms with Crippen molar-refractivity contribution in [2.45, 2.75) is 50.4 Å². The lowest BCUT2D eigenvalue weighted by Gasteiger charge is -2.12. The number of carboxylic acids is 2. The van der Waals surface area contributed by atoms with E-state index in [1.54, 1.807) is 18.5 Å². The number of nitrogens with zero attached hydrogens (tertiary/aromatic N) is 5. The molecule has 2 aliphatic carbocycles. The van der Waals surface area contributed by atoms with Crippen LogP contribution in [0, 0.1) is 0 Å². The number of rotatable bonds is 9. The highest BCUT2D eigenvalue weighted by atomic mass is 79.9. The Morgan fingerprint density at radius 3 is 1.70 bits per heavy atom. The highest BCUT2D eigenvalue weighted by Crippen LogP contribution is 2.41. The molecular formula is C43H38BrN5O4. The van der Waals surface area contributed by atoms with E-state index in [0.29, 0.717) is 47.2 Å². The molecule has 0 bridgehead atoms. The zero-order valence-corrected chi connectivity index (χ0v) is 31.0. The van der Waals surface area contributed by atoms with Crippen molar-refractivity contribution in [3.8, 4) is 11.1 Å². The largest absolute Gasteiger partial charge is 0.478 e. The maximum atomic E-state index is 11.9. The molecule has 0 amide bonds. The standard InChI is InChI=1S/C24H21N3O2.C19H17BrN2O2/c1-27-9-6-18-10-15(11-20(23(18)27)17-4-7-25-8-5-17)12-22-21(24(28)29)13-19(14-26-22)16-2-3-16;1-22-5-4-13-6-11(7-16(20)18(13)22)8-17-15(19(23)24)9-14(10-21-17)12-2-3-12/h4-11,13-14,16H,2-3,12H2,1H3,(H,28,29);4-7,9-10,12H,2-3,8H2,1H3,(H,23,24). The Kier molecular flexibility index (Phi) is 9.16. The van der Waals surface area contributed by atoms with Crippen LogP contribution in [0.5, 0.6) is 0 Å². The molecule has 2 aromatic carbocycles. The molecule has 2 saturated carbocycles. The number of benzene rings is 2. The van der Waals surface area contributed by atoms with Crippen LogP contribution in [0.1, 0.15) is 91.9 Å². The second-order valence-electron chi connectivity index (χ2n) is 14.2. The average Bonchev–Trinajstić information content (AvgIpc) is 4.09. The van der Waals surface area contributed by atoms with Crippen LogP contribution >= 0.6 is 15.9 Å². The predicted octanol–water partition coefficient (Wildman–Crippen LogP) is 9.30. The maximum Gasteiger partial charge on any atom is 0.337 e. The number of carbonyl (C=O) groups is 2. The Balaban J connectivity index is 0.000000154. The fraction of sp³-hybridized carbons (Fsp3) is 0.233. The Morgan fingerprint density at radius 1 is 0.698 bits per heavy atom. The molecule has 9 nitrogen and oxygen atoms in total. The number of fused-ring (bicyclic) bond motifs is 2. The summed E-state index contributed by atoms with van der Waals surface area (Å²) in [4.78, 5) is 36.6. The van der Waals surface area contributed by atoms with Crippen LogP contribution in [-0.2, 0) is 26.9 Å². The van der Waals surface area contributed by atoms with E-state index in [1.165, 1.54) is 0 Å². The second-order valence-corrected chi connectivity index (χ2v) is 15.1. The van der Waals surface area contributed by atoms with E-state index in [-0.39, 0.29) is 0 Å². The minimum absolute atomic E-state index is 0.313. The van der Waals surface area contributed by atoms with Crippen LogP contribution in [-0.4, -0.2) is 46.2 Å². The van der Waals surface area contributed by atoms with Crippen LogP contribution in [0.15, 0.2) is 102 Å². The van der Waals surface area contributed by atoms with Crippen molar-refractivity contribution in [2.24, 2.45) is 14.1 Å². The second kappa shape index (κ2) is 14.1. The summed E-state index contributed by atoms with van der Waals surface area (Å²) in [6, 6.07) is 20.2. The van der Waals surface area contributed by atoms with Gasteiger partial charge in [0.25, 0.3) is 0 Å². The SMILES string of the molecule is Cn1ccc2cc(Cc3ncc(C4CC4)cc3C(=O)O)cc(-c3ccncc3)c21.Cn1ccc2cc(Cc3ncc(C4CC4)cc3C(=O)O)cc(Br)c21. The Hall–Kier alpha value is -5.61. The van der Waals surface area contributed by atoms with E-state index in [1.807, 2.05) is 63.1 Å². The summed E-state index contributed by atoms with van der Waals surface area (Å²) < 4.78 is 5.18. The molecular weight excluding hydrogens is 730 g/mol. The van der Waals surface area contributed by atoms with Crippen molar-refractivity contribution in [3.63, 3.8) is 0 Å². The third kappa shape index (κ3) is 7.24. The minimum Gasteiger partial charge on any atom is -0.478 e. The molecule has 266 valence electrons. The Labute approximate surface area is 315 Å². The van der Waals surface area contributed by atoms with Gasteiger partial charge in [-0.05, 0) is 142 Å². The van der Waals surface area contributed by atoms with Gasteiger partial charge in [-0.15, -0.1) is 0 Å². The first kappa shape index (κ1) is 34.5. The zero-order valence-electron chi connectivity index (χ0n) is 29.5. The van der Waals surface area contributed by atoms with Gasteiger partial charge in [0.05, 0.1) is 33.5 Å². The minimum atomic E-state index is -0.912. The molecule has 9 rings (SSSR count). The van der Waals surface area contributed by atoms with Crippen LogP contribution in [0.25, 0.3) is 32.9 Å². The first-order chi connectivity index (χ1) is 25.6. The summed E-state index contributed by atoms with van der Waals surface area (Å²) in [5.74, 6) is -0.835. The summed E-state index contributed by atoms with van der Waals surface area (Å²) in [6.07, 6.45) is 16.9. The summed E-state index contributed by atoms with van der Waals surface area (Å²) in [5, 5.41) is 21.5. The highest BCUT2D eigenvalue weighted by Gasteiger charge is 2.27. The zero-order chi connectivity index (χ0) is 36.8. The van der Waals surface area contributed by atoms with Gasteiger partial charge in [0.2, 0.25) is 0 Å². The molecule has 5 heterocycles. The van der Waals surface area contributed by atoms with E-state index in [2.05, 4.69) is 70.3 Å². The first-order valence-electron chi connectivity index (χ1n) is 17.8. The number of hydrogen-bond donors (Lipinski definition) is 2. The predicted molar refractivity (Wildman–Crippen MR) is 209 cm³/mol. The average molecular weight is 769 g/mol. The van der Waals surface area contributed by atoms with Crippen LogP contribution in [0.4, 0.5) is 0 Å². The van der Waals surface area contributed by atoms with Gasteiger partial charge in [-0.3, -0.25) is 15.0 Å². The fourth-order valence-corrected chi connectivity index (χ4v) is 8.05.